The van der Waals surface area contributed by atoms with E-state index >= 15 is 0 Å². The molecule has 144 valence electrons. The number of carbonyl (C=O) groups is 2. The first-order valence-electron chi connectivity index (χ1n) is 9.17. The van der Waals surface area contributed by atoms with E-state index in [0.717, 1.165) is 11.3 Å². The quantitative estimate of drug-likeness (QED) is 0.692. The number of amides is 2. The highest BCUT2D eigenvalue weighted by Gasteiger charge is 2.15. The number of rotatable bonds is 5. The summed E-state index contributed by atoms with van der Waals surface area (Å²) in [6, 6.07) is 17.1. The van der Waals surface area contributed by atoms with Crippen molar-refractivity contribution in [3.63, 3.8) is 0 Å². The van der Waals surface area contributed by atoms with E-state index in [2.05, 4.69) is 41.7 Å². The molecule has 0 saturated heterocycles. The molecule has 0 aliphatic heterocycles. The van der Waals surface area contributed by atoms with Crippen LogP contribution in [0.3, 0.4) is 0 Å². The van der Waals surface area contributed by atoms with E-state index in [1.807, 2.05) is 19.2 Å². The highest BCUT2D eigenvalue weighted by molar-refractivity contribution is 6.04. The van der Waals surface area contributed by atoms with Crippen molar-refractivity contribution in [3.8, 4) is 11.3 Å². The van der Waals surface area contributed by atoms with Crippen LogP contribution in [0.2, 0.25) is 0 Å². The lowest BCUT2D eigenvalue weighted by Crippen LogP contribution is -2.13. The van der Waals surface area contributed by atoms with E-state index in [1.54, 1.807) is 35.0 Å². The highest BCUT2D eigenvalue weighted by Crippen LogP contribution is 2.24. The summed E-state index contributed by atoms with van der Waals surface area (Å²) in [4.78, 5) is 23.8. The fourth-order valence-corrected chi connectivity index (χ4v) is 2.96. The molecule has 6 nitrogen and oxygen atoms in total. The molecule has 0 unspecified atom stereocenters. The van der Waals surface area contributed by atoms with Gasteiger partial charge >= 0.3 is 0 Å². The molecule has 3 rings (SSSR count). The van der Waals surface area contributed by atoms with Gasteiger partial charge in [-0.1, -0.05) is 44.2 Å². The smallest absolute Gasteiger partial charge is 0.276 e. The molecule has 0 fully saturated rings. The molecular formula is C22H24N4O2. The number of aromatic nitrogens is 2. The van der Waals surface area contributed by atoms with Gasteiger partial charge in [-0.15, -0.1) is 0 Å². The van der Waals surface area contributed by atoms with Gasteiger partial charge in [0.25, 0.3) is 5.91 Å². The molecule has 0 aliphatic carbocycles. The number of hydrogen-bond acceptors (Lipinski definition) is 3. The average Bonchev–Trinajstić information content (AvgIpc) is 3.03. The molecule has 6 heteroatoms. The van der Waals surface area contributed by atoms with Crippen molar-refractivity contribution in [2.24, 2.45) is 7.05 Å². The van der Waals surface area contributed by atoms with Crippen molar-refractivity contribution in [2.45, 2.75) is 26.7 Å². The summed E-state index contributed by atoms with van der Waals surface area (Å²) in [7, 11) is 1.82. The molecule has 0 atom stereocenters. The Balaban J connectivity index is 1.78. The monoisotopic (exact) mass is 376 g/mol. The molecule has 2 amide bonds. The van der Waals surface area contributed by atoms with Gasteiger partial charge in [0, 0.05) is 25.3 Å². The molecule has 0 saturated carbocycles. The number of nitrogens with one attached hydrogen (secondary N) is 2. The van der Waals surface area contributed by atoms with Crippen molar-refractivity contribution >= 4 is 23.2 Å². The summed E-state index contributed by atoms with van der Waals surface area (Å²) in [5.74, 6) is -0.00265. The van der Waals surface area contributed by atoms with Gasteiger partial charge in [0.1, 0.15) is 0 Å². The molecule has 1 heterocycles. The summed E-state index contributed by atoms with van der Waals surface area (Å²) >= 11 is 0. The minimum absolute atomic E-state index is 0.165. The molecule has 3 aromatic rings. The number of nitrogens with zero attached hydrogens (tertiary/aromatic N) is 2. The highest BCUT2D eigenvalue weighted by atomic mass is 16.2. The summed E-state index contributed by atoms with van der Waals surface area (Å²) in [5.41, 5.74) is 4.68. The van der Waals surface area contributed by atoms with E-state index in [0.29, 0.717) is 23.0 Å². The Hall–Kier alpha value is -3.41. The molecular weight excluding hydrogens is 352 g/mol. The zero-order valence-corrected chi connectivity index (χ0v) is 16.5. The predicted molar refractivity (Wildman–Crippen MR) is 111 cm³/mol. The van der Waals surface area contributed by atoms with Crippen LogP contribution in [0.25, 0.3) is 11.3 Å². The standard InChI is InChI=1S/C22H24N4O2/c1-14(2)16-8-10-17(11-9-16)21-13-20(25-26(21)4)22(28)24-19-7-5-6-18(12-19)23-15(3)27/h5-14H,1-4H3,(H,23,27)(H,24,28). The summed E-state index contributed by atoms with van der Waals surface area (Å²) < 4.78 is 1.70. The molecule has 0 radical (unpaired) electrons. The summed E-state index contributed by atoms with van der Waals surface area (Å²) in [5, 5.41) is 9.86. The van der Waals surface area contributed by atoms with Crippen LogP contribution < -0.4 is 10.6 Å². The molecule has 0 bridgehead atoms. The first-order valence-corrected chi connectivity index (χ1v) is 9.17. The van der Waals surface area contributed by atoms with Gasteiger partial charge in [-0.3, -0.25) is 14.3 Å². The number of hydrogen-bond donors (Lipinski definition) is 2. The van der Waals surface area contributed by atoms with Gasteiger partial charge in [0.15, 0.2) is 5.69 Å². The second-order valence-corrected chi connectivity index (χ2v) is 7.03. The van der Waals surface area contributed by atoms with E-state index in [-0.39, 0.29) is 11.8 Å². The van der Waals surface area contributed by atoms with Crippen LogP contribution in [0.15, 0.2) is 54.6 Å². The predicted octanol–water partition coefficient (Wildman–Crippen LogP) is 4.42. The second-order valence-electron chi connectivity index (χ2n) is 7.03. The minimum Gasteiger partial charge on any atom is -0.326 e. The Morgan fingerprint density at radius 2 is 1.61 bits per heavy atom. The fraction of sp³-hybridized carbons (Fsp3) is 0.227. The third-order valence-corrected chi connectivity index (χ3v) is 4.43. The van der Waals surface area contributed by atoms with Crippen molar-refractivity contribution in [2.75, 3.05) is 10.6 Å². The maximum Gasteiger partial charge on any atom is 0.276 e. The lowest BCUT2D eigenvalue weighted by molar-refractivity contribution is -0.114. The first kappa shape index (κ1) is 19.4. The van der Waals surface area contributed by atoms with E-state index < -0.39 is 0 Å². The average molecular weight is 376 g/mol. The minimum atomic E-state index is -0.305. The van der Waals surface area contributed by atoms with Gasteiger partial charge < -0.3 is 10.6 Å². The van der Waals surface area contributed by atoms with Crippen molar-refractivity contribution in [1.82, 2.24) is 9.78 Å². The van der Waals surface area contributed by atoms with Crippen molar-refractivity contribution < 1.29 is 9.59 Å². The van der Waals surface area contributed by atoms with Crippen LogP contribution in [0.5, 0.6) is 0 Å². The van der Waals surface area contributed by atoms with Crippen LogP contribution in [-0.2, 0) is 11.8 Å². The lowest BCUT2D eigenvalue weighted by Gasteiger charge is -2.07. The van der Waals surface area contributed by atoms with Crippen LogP contribution in [0, 0.1) is 0 Å². The SMILES string of the molecule is CC(=O)Nc1cccc(NC(=O)c2cc(-c3ccc(C(C)C)cc3)n(C)n2)c1. The molecule has 2 N–H and O–H groups in total. The van der Waals surface area contributed by atoms with E-state index in [1.165, 1.54) is 12.5 Å². The molecule has 0 aliphatic rings. The van der Waals surface area contributed by atoms with Crippen LogP contribution in [-0.4, -0.2) is 21.6 Å². The first-order chi connectivity index (χ1) is 13.3. The Bertz CT molecular complexity index is 1000. The molecule has 1 aromatic heterocycles. The lowest BCUT2D eigenvalue weighted by atomic mass is 10.0. The molecule has 28 heavy (non-hydrogen) atoms. The topological polar surface area (TPSA) is 76.0 Å². The summed E-state index contributed by atoms with van der Waals surface area (Å²) in [6.07, 6.45) is 0. The Labute approximate surface area is 164 Å². The Morgan fingerprint density at radius 1 is 0.964 bits per heavy atom. The zero-order valence-electron chi connectivity index (χ0n) is 16.5. The molecule has 0 spiro atoms. The third kappa shape index (κ3) is 4.46. The molecule has 2 aromatic carbocycles. The number of carbonyl (C=O) groups excluding carboxylic acids is 2. The van der Waals surface area contributed by atoms with Gasteiger partial charge in [-0.2, -0.15) is 5.10 Å². The number of benzene rings is 2. The zero-order chi connectivity index (χ0) is 20.3. The van der Waals surface area contributed by atoms with Crippen LogP contribution >= 0.6 is 0 Å². The van der Waals surface area contributed by atoms with Gasteiger partial charge in [0.05, 0.1) is 5.69 Å². The Kier molecular flexibility index (Phi) is 5.59. The van der Waals surface area contributed by atoms with Crippen LogP contribution in [0.1, 0.15) is 42.7 Å². The third-order valence-electron chi connectivity index (χ3n) is 4.43. The van der Waals surface area contributed by atoms with Crippen molar-refractivity contribution in [3.05, 3.63) is 65.9 Å². The maximum absolute atomic E-state index is 12.6. The van der Waals surface area contributed by atoms with Gasteiger partial charge in [-0.05, 0) is 41.3 Å². The fourth-order valence-electron chi connectivity index (χ4n) is 2.96. The maximum atomic E-state index is 12.6. The second kappa shape index (κ2) is 8.08. The van der Waals surface area contributed by atoms with Gasteiger partial charge in [0.2, 0.25) is 5.91 Å². The van der Waals surface area contributed by atoms with Gasteiger partial charge in [-0.25, -0.2) is 0 Å². The largest absolute Gasteiger partial charge is 0.326 e. The van der Waals surface area contributed by atoms with Crippen LogP contribution in [0.4, 0.5) is 11.4 Å². The van der Waals surface area contributed by atoms with Crippen molar-refractivity contribution in [1.29, 1.82) is 0 Å². The normalized spacial score (nSPS) is 10.8. The van der Waals surface area contributed by atoms with E-state index in [9.17, 15) is 9.59 Å². The number of aryl methyl sites for hydroxylation is 1. The summed E-state index contributed by atoms with van der Waals surface area (Å²) in [6.45, 7) is 5.75. The number of anilines is 2. The Morgan fingerprint density at radius 3 is 2.21 bits per heavy atom. The van der Waals surface area contributed by atoms with E-state index in [4.69, 9.17) is 0 Å².